The van der Waals surface area contributed by atoms with Gasteiger partial charge in [-0.1, -0.05) is 44.2 Å². The van der Waals surface area contributed by atoms with Crippen molar-refractivity contribution in [3.05, 3.63) is 64.1 Å². The van der Waals surface area contributed by atoms with Crippen molar-refractivity contribution in [2.75, 3.05) is 40.9 Å². The Balaban J connectivity index is 1.63. The van der Waals surface area contributed by atoms with E-state index in [4.69, 9.17) is 18.9 Å². The van der Waals surface area contributed by atoms with Gasteiger partial charge in [0.15, 0.2) is 19.4 Å². The van der Waals surface area contributed by atoms with E-state index in [1.54, 1.807) is 18.8 Å². The van der Waals surface area contributed by atoms with Gasteiger partial charge >= 0.3 is 5.69 Å². The Labute approximate surface area is 211 Å². The average molecular weight is 497 g/mol. The van der Waals surface area contributed by atoms with Crippen LogP contribution in [0.2, 0.25) is 0 Å². The number of benzene rings is 2. The Morgan fingerprint density at radius 2 is 1.67 bits per heavy atom. The maximum Gasteiger partial charge on any atom is 0.343 e. The molecule has 0 aliphatic carbocycles. The third kappa shape index (κ3) is 5.98. The molecular formula is C27H36N4O5. The second kappa shape index (κ2) is 12.2. The number of rotatable bonds is 11. The average Bonchev–Trinajstić information content (AvgIpc) is 3.27. The minimum atomic E-state index is -0.213. The standard InChI is InChI=1S/C27H36N4O5/c1-19(2)22-14-23(25(36-18-34-4)15-24(22)35-17-33-3)26-28-29-27(32)31(26)21-10-12-30(13-11-21)16-20-8-6-5-7-9-20/h5-9,14-15,19,21H,10-13,16-18H2,1-4H3,(H,29,32). The summed E-state index contributed by atoms with van der Waals surface area (Å²) in [5.74, 6) is 1.94. The number of ether oxygens (including phenoxy) is 4. The summed E-state index contributed by atoms with van der Waals surface area (Å²) in [6, 6.07) is 14.3. The number of likely N-dealkylation sites (tertiary alicyclic amines) is 1. The Hall–Kier alpha value is -3.14. The summed E-state index contributed by atoms with van der Waals surface area (Å²) in [6.45, 7) is 7.09. The molecule has 36 heavy (non-hydrogen) atoms. The van der Waals surface area contributed by atoms with Gasteiger partial charge in [-0.3, -0.25) is 9.47 Å². The molecule has 1 aromatic heterocycles. The van der Waals surface area contributed by atoms with Crippen LogP contribution in [0.15, 0.2) is 47.3 Å². The molecule has 9 nitrogen and oxygen atoms in total. The predicted molar refractivity (Wildman–Crippen MR) is 137 cm³/mol. The monoisotopic (exact) mass is 496 g/mol. The fourth-order valence-electron chi connectivity index (χ4n) is 4.70. The topological polar surface area (TPSA) is 90.8 Å². The number of nitrogens with one attached hydrogen (secondary N) is 1. The first-order chi connectivity index (χ1) is 17.5. The number of hydrogen-bond acceptors (Lipinski definition) is 7. The third-order valence-corrected chi connectivity index (χ3v) is 6.52. The molecule has 2 aromatic carbocycles. The number of aromatic amines is 1. The van der Waals surface area contributed by atoms with E-state index in [0.29, 0.717) is 17.3 Å². The summed E-state index contributed by atoms with van der Waals surface area (Å²) >= 11 is 0. The van der Waals surface area contributed by atoms with Crippen LogP contribution < -0.4 is 15.2 Å². The number of nitrogens with zero attached hydrogens (tertiary/aromatic N) is 3. The molecule has 2 heterocycles. The number of methoxy groups -OCH3 is 2. The van der Waals surface area contributed by atoms with E-state index >= 15 is 0 Å². The van der Waals surface area contributed by atoms with Crippen LogP contribution in [0.5, 0.6) is 11.5 Å². The number of piperidine rings is 1. The summed E-state index contributed by atoms with van der Waals surface area (Å²) in [5.41, 5.74) is 2.79. The van der Waals surface area contributed by atoms with Gasteiger partial charge in [-0.15, -0.1) is 0 Å². The Bertz CT molecular complexity index is 1170. The molecule has 0 bridgehead atoms. The molecule has 1 aliphatic rings. The first-order valence-corrected chi connectivity index (χ1v) is 12.4. The van der Waals surface area contributed by atoms with E-state index < -0.39 is 0 Å². The predicted octanol–water partition coefficient (Wildman–Crippen LogP) is 4.16. The van der Waals surface area contributed by atoms with Gasteiger partial charge in [-0.2, -0.15) is 5.10 Å². The zero-order valence-electron chi connectivity index (χ0n) is 21.5. The lowest BCUT2D eigenvalue weighted by Gasteiger charge is -2.32. The summed E-state index contributed by atoms with van der Waals surface area (Å²) in [7, 11) is 3.15. The summed E-state index contributed by atoms with van der Waals surface area (Å²) in [4.78, 5) is 15.4. The van der Waals surface area contributed by atoms with Crippen molar-refractivity contribution in [1.82, 2.24) is 19.7 Å². The summed E-state index contributed by atoms with van der Waals surface area (Å²) in [5, 5.41) is 7.11. The maximum absolute atomic E-state index is 13.0. The van der Waals surface area contributed by atoms with E-state index in [1.165, 1.54) is 5.56 Å². The molecule has 1 aliphatic heterocycles. The highest BCUT2D eigenvalue weighted by Gasteiger charge is 2.27. The minimum Gasteiger partial charge on any atom is -0.467 e. The van der Waals surface area contributed by atoms with Crippen LogP contribution in [0.1, 0.15) is 49.8 Å². The fourth-order valence-corrected chi connectivity index (χ4v) is 4.70. The van der Waals surface area contributed by atoms with E-state index in [2.05, 4.69) is 53.2 Å². The van der Waals surface area contributed by atoms with Crippen molar-refractivity contribution in [1.29, 1.82) is 0 Å². The number of H-pyrrole nitrogens is 1. The second-order valence-corrected chi connectivity index (χ2v) is 9.36. The molecule has 0 amide bonds. The molecule has 9 heteroatoms. The molecule has 0 radical (unpaired) electrons. The molecule has 3 aromatic rings. The van der Waals surface area contributed by atoms with Gasteiger partial charge in [0.25, 0.3) is 0 Å². The van der Waals surface area contributed by atoms with E-state index in [0.717, 1.165) is 43.6 Å². The molecule has 194 valence electrons. The van der Waals surface area contributed by atoms with Gasteiger partial charge in [-0.05, 0) is 36.0 Å². The van der Waals surface area contributed by atoms with Gasteiger partial charge in [0.1, 0.15) is 11.5 Å². The first kappa shape index (κ1) is 25.9. The highest BCUT2D eigenvalue weighted by molar-refractivity contribution is 5.68. The van der Waals surface area contributed by atoms with Gasteiger partial charge in [0, 0.05) is 46.0 Å². The van der Waals surface area contributed by atoms with Crippen molar-refractivity contribution < 1.29 is 18.9 Å². The van der Waals surface area contributed by atoms with Crippen molar-refractivity contribution in [3.63, 3.8) is 0 Å². The van der Waals surface area contributed by atoms with Crippen LogP contribution in [-0.4, -0.2) is 60.6 Å². The highest BCUT2D eigenvalue weighted by atomic mass is 16.7. The van der Waals surface area contributed by atoms with Crippen molar-refractivity contribution in [3.8, 4) is 22.9 Å². The molecule has 1 saturated heterocycles. The van der Waals surface area contributed by atoms with E-state index in [-0.39, 0.29) is 31.2 Å². The van der Waals surface area contributed by atoms with Crippen LogP contribution >= 0.6 is 0 Å². The SMILES string of the molecule is COCOc1cc(OCOC)c(C(C)C)cc1-c1n[nH]c(=O)n1C1CCN(Cc2ccccc2)CC1. The van der Waals surface area contributed by atoms with Crippen LogP contribution in [-0.2, 0) is 16.0 Å². The smallest absolute Gasteiger partial charge is 0.343 e. The number of hydrogen-bond donors (Lipinski definition) is 1. The van der Waals surface area contributed by atoms with Crippen LogP contribution in [0, 0.1) is 0 Å². The second-order valence-electron chi connectivity index (χ2n) is 9.36. The molecule has 1 N–H and O–H groups in total. The Kier molecular flexibility index (Phi) is 8.79. The molecule has 0 unspecified atom stereocenters. The highest BCUT2D eigenvalue weighted by Crippen LogP contribution is 2.39. The lowest BCUT2D eigenvalue weighted by atomic mass is 9.97. The van der Waals surface area contributed by atoms with Gasteiger partial charge in [-0.25, -0.2) is 9.89 Å². The van der Waals surface area contributed by atoms with Crippen LogP contribution in [0.3, 0.4) is 0 Å². The largest absolute Gasteiger partial charge is 0.467 e. The lowest BCUT2D eigenvalue weighted by Crippen LogP contribution is -2.36. The summed E-state index contributed by atoms with van der Waals surface area (Å²) < 4.78 is 23.8. The van der Waals surface area contributed by atoms with E-state index in [9.17, 15) is 4.79 Å². The van der Waals surface area contributed by atoms with Gasteiger partial charge in [0.2, 0.25) is 0 Å². The molecule has 4 rings (SSSR count). The van der Waals surface area contributed by atoms with Crippen molar-refractivity contribution in [2.45, 2.75) is 45.2 Å². The van der Waals surface area contributed by atoms with Gasteiger partial charge in [0.05, 0.1) is 5.56 Å². The maximum atomic E-state index is 13.0. The zero-order chi connectivity index (χ0) is 25.5. The first-order valence-electron chi connectivity index (χ1n) is 12.4. The van der Waals surface area contributed by atoms with Crippen molar-refractivity contribution in [2.24, 2.45) is 0 Å². The van der Waals surface area contributed by atoms with E-state index in [1.807, 2.05) is 18.2 Å². The zero-order valence-corrected chi connectivity index (χ0v) is 21.5. The van der Waals surface area contributed by atoms with Gasteiger partial charge < -0.3 is 18.9 Å². The van der Waals surface area contributed by atoms with Crippen molar-refractivity contribution >= 4 is 0 Å². The fraction of sp³-hybridized carbons (Fsp3) is 0.481. The minimum absolute atomic E-state index is 0.0421. The molecular weight excluding hydrogens is 460 g/mol. The lowest BCUT2D eigenvalue weighted by molar-refractivity contribution is 0.0457. The molecule has 0 saturated carbocycles. The third-order valence-electron chi connectivity index (χ3n) is 6.52. The molecule has 1 fully saturated rings. The Morgan fingerprint density at radius 3 is 2.31 bits per heavy atom. The molecule has 0 spiro atoms. The Morgan fingerprint density at radius 1 is 1.00 bits per heavy atom. The molecule has 0 atom stereocenters. The summed E-state index contributed by atoms with van der Waals surface area (Å²) in [6.07, 6.45) is 1.72. The van der Waals surface area contributed by atoms with Crippen LogP contribution in [0.4, 0.5) is 0 Å². The number of aromatic nitrogens is 3. The van der Waals surface area contributed by atoms with Crippen LogP contribution in [0.25, 0.3) is 11.4 Å². The normalized spacial score (nSPS) is 14.9. The quantitative estimate of drug-likeness (QED) is 0.399.